The van der Waals surface area contributed by atoms with Crippen LogP contribution in [0.3, 0.4) is 0 Å². The fourth-order valence-electron chi connectivity index (χ4n) is 2.33. The first-order valence-corrected chi connectivity index (χ1v) is 6.77. The van der Waals surface area contributed by atoms with Crippen molar-refractivity contribution in [1.82, 2.24) is 5.32 Å². The zero-order chi connectivity index (χ0) is 14.7. The first kappa shape index (κ1) is 13.2. The van der Waals surface area contributed by atoms with Gasteiger partial charge in [0.05, 0.1) is 11.6 Å². The zero-order valence-corrected chi connectivity index (χ0v) is 11.4. The molecule has 4 heteroatoms. The molecule has 21 heavy (non-hydrogen) atoms. The maximum absolute atomic E-state index is 12.1. The van der Waals surface area contributed by atoms with Gasteiger partial charge in [-0.2, -0.15) is 5.26 Å². The lowest BCUT2D eigenvalue weighted by atomic mass is 10.1. The third-order valence-electron chi connectivity index (χ3n) is 3.49. The van der Waals surface area contributed by atoms with E-state index in [0.717, 1.165) is 16.9 Å². The summed E-state index contributed by atoms with van der Waals surface area (Å²) in [5.74, 6) is 0.673. The molecule has 0 bridgehead atoms. The molecule has 0 saturated carbocycles. The Kier molecular flexibility index (Phi) is 3.57. The van der Waals surface area contributed by atoms with Crippen molar-refractivity contribution in [1.29, 1.82) is 5.26 Å². The Morgan fingerprint density at radius 1 is 1.24 bits per heavy atom. The van der Waals surface area contributed by atoms with Crippen LogP contribution in [0.5, 0.6) is 5.75 Å². The van der Waals surface area contributed by atoms with Gasteiger partial charge in [0.1, 0.15) is 5.75 Å². The van der Waals surface area contributed by atoms with Gasteiger partial charge in [0.2, 0.25) is 0 Å². The number of hydrogen-bond donors (Lipinski definition) is 1. The van der Waals surface area contributed by atoms with E-state index in [1.165, 1.54) is 0 Å². The summed E-state index contributed by atoms with van der Waals surface area (Å²) >= 11 is 0. The third-order valence-corrected chi connectivity index (χ3v) is 3.49. The van der Waals surface area contributed by atoms with Crippen LogP contribution in [0.15, 0.2) is 48.5 Å². The molecule has 1 atom stereocenters. The summed E-state index contributed by atoms with van der Waals surface area (Å²) < 4.78 is 5.64. The average Bonchev–Trinajstić information content (AvgIpc) is 2.97. The molecule has 1 N–H and O–H groups in total. The molecule has 0 saturated heterocycles. The Morgan fingerprint density at radius 3 is 2.71 bits per heavy atom. The summed E-state index contributed by atoms with van der Waals surface area (Å²) in [6, 6.07) is 16.9. The molecule has 104 valence electrons. The molecule has 4 nitrogen and oxygen atoms in total. The summed E-state index contributed by atoms with van der Waals surface area (Å²) in [5, 5.41) is 11.6. The molecule has 0 aliphatic carbocycles. The Morgan fingerprint density at radius 2 is 2.00 bits per heavy atom. The Bertz CT molecular complexity index is 676. The number of hydrogen-bond acceptors (Lipinski definition) is 3. The lowest BCUT2D eigenvalue weighted by Gasteiger charge is -2.11. The van der Waals surface area contributed by atoms with E-state index in [1.54, 1.807) is 12.1 Å². The first-order chi connectivity index (χ1) is 10.3. The maximum atomic E-state index is 12.1. The molecule has 3 rings (SSSR count). The first-order valence-electron chi connectivity index (χ1n) is 6.77. The number of amides is 1. The highest BCUT2D eigenvalue weighted by Gasteiger charge is 2.28. The number of carbonyl (C=O) groups excluding carboxylic acids is 1. The van der Waals surface area contributed by atoms with E-state index in [0.29, 0.717) is 18.5 Å². The standard InChI is InChI=1S/C17H14N2O2/c18-10-12-5-7-13(8-6-12)11-19-17(20)16-9-14-3-1-2-4-15(14)21-16/h1-8,16H,9,11H2,(H,19,20). The predicted molar refractivity (Wildman–Crippen MR) is 77.6 cm³/mol. The van der Waals surface area contributed by atoms with Gasteiger partial charge in [-0.25, -0.2) is 0 Å². The number of carbonyl (C=O) groups is 1. The molecule has 1 aliphatic heterocycles. The number of fused-ring (bicyclic) bond motifs is 1. The second kappa shape index (κ2) is 5.68. The second-order valence-corrected chi connectivity index (χ2v) is 4.94. The number of benzene rings is 2. The van der Waals surface area contributed by atoms with E-state index in [9.17, 15) is 4.79 Å². The Hall–Kier alpha value is -2.80. The number of nitriles is 1. The zero-order valence-electron chi connectivity index (χ0n) is 11.4. The van der Waals surface area contributed by atoms with Crippen LogP contribution in [-0.2, 0) is 17.8 Å². The second-order valence-electron chi connectivity index (χ2n) is 4.94. The molecule has 1 heterocycles. The fourth-order valence-corrected chi connectivity index (χ4v) is 2.33. The van der Waals surface area contributed by atoms with E-state index in [1.807, 2.05) is 36.4 Å². The van der Waals surface area contributed by atoms with Gasteiger partial charge >= 0.3 is 0 Å². The van der Waals surface area contributed by atoms with Crippen molar-refractivity contribution in [3.63, 3.8) is 0 Å². The number of nitrogens with zero attached hydrogens (tertiary/aromatic N) is 1. The lowest BCUT2D eigenvalue weighted by Crippen LogP contribution is -2.36. The van der Waals surface area contributed by atoms with Gasteiger partial charge in [0.15, 0.2) is 6.10 Å². The van der Waals surface area contributed by atoms with Crippen molar-refractivity contribution >= 4 is 5.91 Å². The molecule has 1 amide bonds. The summed E-state index contributed by atoms with van der Waals surface area (Å²) in [5.41, 5.74) is 2.63. The number of para-hydroxylation sites is 1. The molecular formula is C17H14N2O2. The van der Waals surface area contributed by atoms with Gasteiger partial charge < -0.3 is 10.1 Å². The third kappa shape index (κ3) is 2.87. The lowest BCUT2D eigenvalue weighted by molar-refractivity contribution is -0.127. The maximum Gasteiger partial charge on any atom is 0.261 e. The molecule has 2 aromatic rings. The Labute approximate surface area is 123 Å². The molecular weight excluding hydrogens is 264 g/mol. The number of rotatable bonds is 3. The highest BCUT2D eigenvalue weighted by Crippen LogP contribution is 2.28. The predicted octanol–water partition coefficient (Wildman–Crippen LogP) is 2.18. The Balaban J connectivity index is 1.57. The molecule has 1 aliphatic rings. The molecule has 0 spiro atoms. The van der Waals surface area contributed by atoms with Gasteiger partial charge in [-0.05, 0) is 29.3 Å². The normalized spacial score (nSPS) is 15.7. The van der Waals surface area contributed by atoms with Gasteiger partial charge in [-0.1, -0.05) is 30.3 Å². The topological polar surface area (TPSA) is 62.1 Å². The van der Waals surface area contributed by atoms with Crippen LogP contribution in [0.2, 0.25) is 0 Å². The minimum Gasteiger partial charge on any atom is -0.480 e. The monoisotopic (exact) mass is 278 g/mol. The number of nitrogens with one attached hydrogen (secondary N) is 1. The molecule has 2 aromatic carbocycles. The SMILES string of the molecule is N#Cc1ccc(CNC(=O)C2Cc3ccccc3O2)cc1. The van der Waals surface area contributed by atoms with E-state index in [-0.39, 0.29) is 5.91 Å². The van der Waals surface area contributed by atoms with Crippen LogP contribution in [0.1, 0.15) is 16.7 Å². The van der Waals surface area contributed by atoms with Crippen LogP contribution in [0.4, 0.5) is 0 Å². The van der Waals surface area contributed by atoms with Crippen LogP contribution >= 0.6 is 0 Å². The highest BCUT2D eigenvalue weighted by molar-refractivity contribution is 5.82. The van der Waals surface area contributed by atoms with Crippen molar-refractivity contribution in [3.05, 3.63) is 65.2 Å². The molecule has 1 unspecified atom stereocenters. The summed E-state index contributed by atoms with van der Waals surface area (Å²) in [6.07, 6.45) is 0.149. The largest absolute Gasteiger partial charge is 0.480 e. The minimum atomic E-state index is -0.458. The minimum absolute atomic E-state index is 0.115. The van der Waals surface area contributed by atoms with E-state index in [2.05, 4.69) is 11.4 Å². The highest BCUT2D eigenvalue weighted by atomic mass is 16.5. The summed E-state index contributed by atoms with van der Waals surface area (Å²) in [4.78, 5) is 12.1. The summed E-state index contributed by atoms with van der Waals surface area (Å²) in [6.45, 7) is 0.431. The summed E-state index contributed by atoms with van der Waals surface area (Å²) in [7, 11) is 0. The van der Waals surface area contributed by atoms with E-state index in [4.69, 9.17) is 10.00 Å². The quantitative estimate of drug-likeness (QED) is 0.936. The molecule has 0 aromatic heterocycles. The van der Waals surface area contributed by atoms with Crippen molar-refractivity contribution in [2.45, 2.75) is 19.1 Å². The van der Waals surface area contributed by atoms with E-state index < -0.39 is 6.10 Å². The van der Waals surface area contributed by atoms with Crippen LogP contribution in [-0.4, -0.2) is 12.0 Å². The smallest absolute Gasteiger partial charge is 0.261 e. The van der Waals surface area contributed by atoms with Gasteiger partial charge in [-0.15, -0.1) is 0 Å². The van der Waals surface area contributed by atoms with Crippen LogP contribution in [0, 0.1) is 11.3 Å². The van der Waals surface area contributed by atoms with Crippen molar-refractivity contribution in [2.75, 3.05) is 0 Å². The number of ether oxygens (including phenoxy) is 1. The van der Waals surface area contributed by atoms with E-state index >= 15 is 0 Å². The molecule has 0 radical (unpaired) electrons. The average molecular weight is 278 g/mol. The van der Waals surface area contributed by atoms with Crippen molar-refractivity contribution in [2.24, 2.45) is 0 Å². The van der Waals surface area contributed by atoms with Crippen molar-refractivity contribution in [3.8, 4) is 11.8 Å². The van der Waals surface area contributed by atoms with Crippen molar-refractivity contribution < 1.29 is 9.53 Å². The van der Waals surface area contributed by atoms with Crippen LogP contribution < -0.4 is 10.1 Å². The fraction of sp³-hybridized carbons (Fsp3) is 0.176. The van der Waals surface area contributed by atoms with Gasteiger partial charge in [0.25, 0.3) is 5.91 Å². The van der Waals surface area contributed by atoms with Gasteiger partial charge in [-0.3, -0.25) is 4.79 Å². The van der Waals surface area contributed by atoms with Gasteiger partial charge in [0, 0.05) is 13.0 Å². The molecule has 0 fully saturated rings. The van der Waals surface area contributed by atoms with Crippen LogP contribution in [0.25, 0.3) is 0 Å².